The van der Waals surface area contributed by atoms with E-state index in [1.54, 1.807) is 11.3 Å². The van der Waals surface area contributed by atoms with Crippen molar-refractivity contribution in [2.24, 2.45) is 0 Å². The first-order valence-electron chi connectivity index (χ1n) is 11.2. The number of unbranched alkanes of at least 4 members (excludes halogenated alkanes) is 6. The number of carbonyl (C=O) groups is 1. The van der Waals surface area contributed by atoms with Crippen LogP contribution in [0.5, 0.6) is 0 Å². The Hall–Kier alpha value is -1.43. The molecule has 0 aliphatic heterocycles. The van der Waals surface area contributed by atoms with Crippen LogP contribution in [0.4, 0.5) is 0 Å². The minimum absolute atomic E-state index is 0.200. The topological polar surface area (TPSA) is 26.3 Å². The van der Waals surface area contributed by atoms with Gasteiger partial charge >= 0.3 is 5.97 Å². The number of ether oxygens (including phenoxy) is 1. The monoisotopic (exact) mass is 460 g/mol. The molecule has 0 saturated carbocycles. The molecule has 3 rings (SSSR count). The highest BCUT2D eigenvalue weighted by molar-refractivity contribution is 7.26. The molecular formula is C25H32O2S3. The van der Waals surface area contributed by atoms with Crippen molar-refractivity contribution < 1.29 is 9.53 Å². The summed E-state index contributed by atoms with van der Waals surface area (Å²) in [6.45, 7) is 4.87. The Bertz CT molecular complexity index is 903. The fourth-order valence-electron chi connectivity index (χ4n) is 3.29. The molecule has 2 nitrogen and oxygen atoms in total. The summed E-state index contributed by atoms with van der Waals surface area (Å²) >= 11 is 5.25. The number of rotatable bonds is 13. The van der Waals surface area contributed by atoms with Crippen LogP contribution in [0, 0.1) is 0 Å². The molecule has 0 aromatic carbocycles. The molecule has 0 amide bonds. The van der Waals surface area contributed by atoms with Crippen molar-refractivity contribution in [1.82, 2.24) is 0 Å². The van der Waals surface area contributed by atoms with Crippen molar-refractivity contribution in [1.29, 1.82) is 0 Å². The van der Waals surface area contributed by atoms with Crippen molar-refractivity contribution in [3.05, 3.63) is 46.2 Å². The van der Waals surface area contributed by atoms with Crippen molar-refractivity contribution in [2.45, 2.75) is 71.6 Å². The highest BCUT2D eigenvalue weighted by Crippen LogP contribution is 2.40. The van der Waals surface area contributed by atoms with Gasteiger partial charge in [0.2, 0.25) is 0 Å². The fraction of sp³-hybridized carbons (Fsp3) is 0.480. The van der Waals surface area contributed by atoms with Gasteiger partial charge in [0, 0.05) is 24.4 Å². The van der Waals surface area contributed by atoms with Crippen LogP contribution in [-0.2, 0) is 11.2 Å². The first kappa shape index (κ1) is 23.2. The van der Waals surface area contributed by atoms with E-state index in [-0.39, 0.29) is 5.97 Å². The van der Waals surface area contributed by atoms with E-state index in [9.17, 15) is 4.79 Å². The molecule has 0 bridgehead atoms. The Morgan fingerprint density at radius 1 is 0.700 bits per heavy atom. The molecule has 3 aromatic rings. The van der Waals surface area contributed by atoms with Gasteiger partial charge in [0.05, 0.1) is 6.61 Å². The van der Waals surface area contributed by atoms with Gasteiger partial charge in [0.1, 0.15) is 4.88 Å². The largest absolute Gasteiger partial charge is 0.462 e. The molecule has 3 heterocycles. The summed E-state index contributed by atoms with van der Waals surface area (Å²) in [6, 6.07) is 12.9. The normalized spacial score (nSPS) is 11.1. The third-order valence-corrected chi connectivity index (χ3v) is 8.76. The summed E-state index contributed by atoms with van der Waals surface area (Å²) < 4.78 is 5.33. The summed E-state index contributed by atoms with van der Waals surface area (Å²) in [4.78, 5) is 19.3. The lowest BCUT2D eigenvalue weighted by molar-refractivity contribution is 0.0505. The molecule has 0 fully saturated rings. The Morgan fingerprint density at radius 2 is 1.30 bits per heavy atom. The number of esters is 1. The number of hydrogen-bond acceptors (Lipinski definition) is 5. The van der Waals surface area contributed by atoms with Crippen LogP contribution in [0.2, 0.25) is 0 Å². The number of thiophene rings is 3. The molecule has 0 radical (unpaired) electrons. The van der Waals surface area contributed by atoms with Gasteiger partial charge < -0.3 is 4.74 Å². The van der Waals surface area contributed by atoms with Crippen LogP contribution in [0.3, 0.4) is 0 Å². The summed E-state index contributed by atoms with van der Waals surface area (Å²) in [5.41, 5.74) is 0. The van der Waals surface area contributed by atoms with E-state index in [1.807, 2.05) is 23.5 Å². The lowest BCUT2D eigenvalue weighted by Crippen LogP contribution is -2.03. The highest BCUT2D eigenvalue weighted by Gasteiger charge is 2.14. The first-order chi connectivity index (χ1) is 14.7. The van der Waals surface area contributed by atoms with Crippen LogP contribution in [0.1, 0.15) is 79.8 Å². The lowest BCUT2D eigenvalue weighted by Gasteiger charge is -2.00. The van der Waals surface area contributed by atoms with Crippen molar-refractivity contribution in [3.8, 4) is 19.5 Å². The second-order valence-electron chi connectivity index (χ2n) is 7.60. The predicted molar refractivity (Wildman–Crippen MR) is 133 cm³/mol. The van der Waals surface area contributed by atoms with Gasteiger partial charge in [-0.15, -0.1) is 34.0 Å². The zero-order valence-electron chi connectivity index (χ0n) is 18.1. The Labute approximate surface area is 192 Å². The third-order valence-electron chi connectivity index (χ3n) is 5.07. The maximum Gasteiger partial charge on any atom is 0.348 e. The molecule has 5 heteroatoms. The molecule has 0 spiro atoms. The van der Waals surface area contributed by atoms with Crippen LogP contribution >= 0.6 is 34.0 Å². The third kappa shape index (κ3) is 6.79. The molecule has 0 N–H and O–H groups in total. The van der Waals surface area contributed by atoms with Crippen LogP contribution in [0.25, 0.3) is 19.5 Å². The predicted octanol–water partition coefficient (Wildman–Crippen LogP) is 9.07. The maximum absolute atomic E-state index is 12.1. The van der Waals surface area contributed by atoms with Gasteiger partial charge in [-0.25, -0.2) is 4.79 Å². The average Bonchev–Trinajstić information content (AvgIpc) is 3.50. The van der Waals surface area contributed by atoms with E-state index in [2.05, 4.69) is 38.1 Å². The van der Waals surface area contributed by atoms with Crippen LogP contribution in [0.15, 0.2) is 36.4 Å². The highest BCUT2D eigenvalue weighted by atomic mass is 32.1. The number of carbonyl (C=O) groups excluding carboxylic acids is 1. The summed E-state index contributed by atoms with van der Waals surface area (Å²) in [5.74, 6) is -0.200. The smallest absolute Gasteiger partial charge is 0.348 e. The number of aryl methyl sites for hydroxylation is 1. The molecule has 0 aliphatic carbocycles. The van der Waals surface area contributed by atoms with Gasteiger partial charge in [-0.1, -0.05) is 52.4 Å². The second-order valence-corrected chi connectivity index (χ2v) is 10.9. The minimum Gasteiger partial charge on any atom is -0.462 e. The fourth-order valence-corrected chi connectivity index (χ4v) is 6.42. The zero-order chi connectivity index (χ0) is 21.2. The van der Waals surface area contributed by atoms with Crippen molar-refractivity contribution >= 4 is 40.0 Å². The average molecular weight is 461 g/mol. The van der Waals surface area contributed by atoms with E-state index < -0.39 is 0 Å². The SMILES string of the molecule is CCCCCCCCc1ccc(-c2ccc(-c3ccc(C(=O)OCCCC)s3)s2)s1. The van der Waals surface area contributed by atoms with E-state index in [0.717, 1.165) is 17.7 Å². The molecule has 30 heavy (non-hydrogen) atoms. The molecule has 0 aliphatic rings. The van der Waals surface area contributed by atoms with Crippen LogP contribution in [-0.4, -0.2) is 12.6 Å². The van der Waals surface area contributed by atoms with E-state index in [1.165, 1.54) is 75.8 Å². The van der Waals surface area contributed by atoms with Crippen molar-refractivity contribution in [2.75, 3.05) is 6.61 Å². The molecule has 162 valence electrons. The molecule has 3 aromatic heterocycles. The second kappa shape index (κ2) is 12.4. The van der Waals surface area contributed by atoms with E-state index in [4.69, 9.17) is 4.74 Å². The number of hydrogen-bond donors (Lipinski definition) is 0. The molecule has 0 atom stereocenters. The quantitative estimate of drug-likeness (QED) is 0.188. The van der Waals surface area contributed by atoms with Gasteiger partial charge in [0.15, 0.2) is 0 Å². The van der Waals surface area contributed by atoms with Crippen LogP contribution < -0.4 is 0 Å². The van der Waals surface area contributed by atoms with Gasteiger partial charge in [0.25, 0.3) is 0 Å². The molecule has 0 saturated heterocycles. The Morgan fingerprint density at radius 3 is 2.07 bits per heavy atom. The van der Waals surface area contributed by atoms with Crippen molar-refractivity contribution in [3.63, 3.8) is 0 Å². The van der Waals surface area contributed by atoms with Gasteiger partial charge in [-0.05, 0) is 55.7 Å². The zero-order valence-corrected chi connectivity index (χ0v) is 20.5. The molecular weight excluding hydrogens is 428 g/mol. The Kier molecular flexibility index (Phi) is 9.63. The first-order valence-corrected chi connectivity index (χ1v) is 13.6. The standard InChI is InChI=1S/C25H32O2S3/c1-3-5-7-8-9-10-11-19-12-13-20(28-19)21-14-15-22(29-21)23-16-17-24(30-23)25(26)27-18-6-4-2/h12-17H,3-11,18H2,1-2H3. The molecule has 0 unspecified atom stereocenters. The maximum atomic E-state index is 12.1. The summed E-state index contributed by atoms with van der Waals surface area (Å²) in [5, 5.41) is 0. The van der Waals surface area contributed by atoms with Gasteiger partial charge in [-0.2, -0.15) is 0 Å². The summed E-state index contributed by atoms with van der Waals surface area (Å²) in [7, 11) is 0. The summed E-state index contributed by atoms with van der Waals surface area (Å²) in [6.07, 6.45) is 11.2. The minimum atomic E-state index is -0.200. The van der Waals surface area contributed by atoms with E-state index >= 15 is 0 Å². The lowest BCUT2D eigenvalue weighted by atomic mass is 10.1. The Balaban J connectivity index is 1.54. The van der Waals surface area contributed by atoms with Gasteiger partial charge in [-0.3, -0.25) is 0 Å². The van der Waals surface area contributed by atoms with E-state index in [0.29, 0.717) is 11.5 Å².